The van der Waals surface area contributed by atoms with Gasteiger partial charge in [-0.15, -0.1) is 0 Å². The maximum Gasteiger partial charge on any atom is 0.220 e. The van der Waals surface area contributed by atoms with E-state index in [1.807, 2.05) is 4.68 Å². The van der Waals surface area contributed by atoms with Gasteiger partial charge in [0.15, 0.2) is 0 Å². The molecule has 2 aliphatic rings. The standard InChI is InChI=1S/C18H26N6O/c25-18(10-9-17-15-3-1-2-4-16(15)22-23-17)21-13-5-7-14(8-6-13)24-12-19-11-20-24/h11-14H,1-10H2,(H,21,25)(H,22,23). The van der Waals surface area contributed by atoms with E-state index in [9.17, 15) is 4.79 Å². The molecule has 0 unspecified atom stereocenters. The van der Waals surface area contributed by atoms with E-state index in [1.165, 1.54) is 24.1 Å². The number of nitrogens with zero attached hydrogens (tertiary/aromatic N) is 4. The number of hydrogen-bond donors (Lipinski definition) is 2. The number of carbonyl (C=O) groups is 1. The van der Waals surface area contributed by atoms with Gasteiger partial charge in [0, 0.05) is 24.6 Å². The number of hydrogen-bond acceptors (Lipinski definition) is 4. The first kappa shape index (κ1) is 16.3. The van der Waals surface area contributed by atoms with Gasteiger partial charge in [-0.3, -0.25) is 9.89 Å². The summed E-state index contributed by atoms with van der Waals surface area (Å²) < 4.78 is 1.94. The zero-order valence-electron chi connectivity index (χ0n) is 14.6. The van der Waals surface area contributed by atoms with E-state index in [1.54, 1.807) is 12.7 Å². The van der Waals surface area contributed by atoms with Crippen molar-refractivity contribution < 1.29 is 4.79 Å². The summed E-state index contributed by atoms with van der Waals surface area (Å²) in [6, 6.07) is 0.714. The molecule has 7 nitrogen and oxygen atoms in total. The molecule has 25 heavy (non-hydrogen) atoms. The van der Waals surface area contributed by atoms with Gasteiger partial charge in [0.25, 0.3) is 0 Å². The zero-order valence-corrected chi connectivity index (χ0v) is 14.6. The maximum absolute atomic E-state index is 12.3. The molecule has 0 bridgehead atoms. The van der Waals surface area contributed by atoms with Crippen LogP contribution in [0.3, 0.4) is 0 Å². The average Bonchev–Trinajstić information content (AvgIpc) is 3.31. The SMILES string of the molecule is O=C(CCc1n[nH]c2c1CCCC2)NC1CCC(n2cncn2)CC1. The smallest absolute Gasteiger partial charge is 0.220 e. The van der Waals surface area contributed by atoms with Crippen LogP contribution in [-0.2, 0) is 24.1 Å². The van der Waals surface area contributed by atoms with Crippen molar-refractivity contribution in [3.63, 3.8) is 0 Å². The van der Waals surface area contributed by atoms with Crippen LogP contribution in [0.1, 0.15) is 67.9 Å². The first-order chi connectivity index (χ1) is 12.3. The third-order valence-electron chi connectivity index (χ3n) is 5.60. The summed E-state index contributed by atoms with van der Waals surface area (Å²) >= 11 is 0. The van der Waals surface area contributed by atoms with Crippen LogP contribution >= 0.6 is 0 Å². The van der Waals surface area contributed by atoms with Gasteiger partial charge >= 0.3 is 0 Å². The van der Waals surface area contributed by atoms with E-state index >= 15 is 0 Å². The Morgan fingerprint density at radius 3 is 2.88 bits per heavy atom. The molecule has 0 aromatic carbocycles. The normalized spacial score (nSPS) is 23.2. The van der Waals surface area contributed by atoms with Crippen LogP contribution in [-0.4, -0.2) is 36.9 Å². The van der Waals surface area contributed by atoms with Gasteiger partial charge in [0.2, 0.25) is 5.91 Å². The fourth-order valence-corrected chi connectivity index (χ4v) is 4.18. The predicted octanol–water partition coefficient (Wildman–Crippen LogP) is 2.11. The molecule has 7 heteroatoms. The van der Waals surface area contributed by atoms with Crippen molar-refractivity contribution in [1.29, 1.82) is 0 Å². The number of carbonyl (C=O) groups excluding carboxylic acids is 1. The third kappa shape index (κ3) is 3.75. The third-order valence-corrected chi connectivity index (χ3v) is 5.60. The number of H-pyrrole nitrogens is 1. The van der Waals surface area contributed by atoms with Crippen molar-refractivity contribution in [3.8, 4) is 0 Å². The van der Waals surface area contributed by atoms with Crippen molar-refractivity contribution >= 4 is 5.91 Å². The summed E-state index contributed by atoms with van der Waals surface area (Å²) in [7, 11) is 0. The number of aromatic amines is 1. The lowest BCUT2D eigenvalue weighted by atomic mass is 9.91. The molecular weight excluding hydrogens is 316 g/mol. The van der Waals surface area contributed by atoms with E-state index < -0.39 is 0 Å². The van der Waals surface area contributed by atoms with E-state index in [0.29, 0.717) is 18.5 Å². The highest BCUT2D eigenvalue weighted by molar-refractivity contribution is 5.76. The lowest BCUT2D eigenvalue weighted by molar-refractivity contribution is -0.122. The minimum absolute atomic E-state index is 0.150. The minimum atomic E-state index is 0.150. The quantitative estimate of drug-likeness (QED) is 0.871. The van der Waals surface area contributed by atoms with Gasteiger partial charge in [-0.05, 0) is 56.9 Å². The topological polar surface area (TPSA) is 88.5 Å². The Balaban J connectivity index is 1.23. The van der Waals surface area contributed by atoms with Gasteiger partial charge in [0.1, 0.15) is 12.7 Å². The molecule has 134 valence electrons. The molecule has 0 atom stereocenters. The predicted molar refractivity (Wildman–Crippen MR) is 93.0 cm³/mol. The lowest BCUT2D eigenvalue weighted by Gasteiger charge is -2.29. The maximum atomic E-state index is 12.3. The molecule has 2 aromatic heterocycles. The number of rotatable bonds is 5. The summed E-state index contributed by atoms with van der Waals surface area (Å²) in [6.07, 6.45) is 13.4. The highest BCUT2D eigenvalue weighted by Gasteiger charge is 2.24. The highest BCUT2D eigenvalue weighted by Crippen LogP contribution is 2.27. The van der Waals surface area contributed by atoms with Gasteiger partial charge in [-0.1, -0.05) is 0 Å². The van der Waals surface area contributed by atoms with Crippen molar-refractivity contribution in [1.82, 2.24) is 30.3 Å². The highest BCUT2D eigenvalue weighted by atomic mass is 16.1. The molecule has 1 amide bonds. The molecular formula is C18H26N6O. The molecule has 2 N–H and O–H groups in total. The molecule has 0 radical (unpaired) electrons. The van der Waals surface area contributed by atoms with E-state index in [4.69, 9.17) is 0 Å². The van der Waals surface area contributed by atoms with Crippen LogP contribution in [0.4, 0.5) is 0 Å². The average molecular weight is 342 g/mol. The molecule has 1 saturated carbocycles. The Bertz CT molecular complexity index is 699. The van der Waals surface area contributed by atoms with E-state index in [0.717, 1.165) is 50.6 Å². The Morgan fingerprint density at radius 1 is 1.24 bits per heavy atom. The van der Waals surface area contributed by atoms with Gasteiger partial charge in [-0.25, -0.2) is 9.67 Å². The lowest BCUT2D eigenvalue weighted by Crippen LogP contribution is -2.38. The van der Waals surface area contributed by atoms with Crippen LogP contribution in [0.15, 0.2) is 12.7 Å². The van der Waals surface area contributed by atoms with Gasteiger partial charge in [-0.2, -0.15) is 10.2 Å². The number of aryl methyl sites for hydroxylation is 2. The second-order valence-corrected chi connectivity index (χ2v) is 7.28. The summed E-state index contributed by atoms with van der Waals surface area (Å²) in [6.45, 7) is 0. The Labute approximate surface area is 147 Å². The molecule has 2 heterocycles. The van der Waals surface area contributed by atoms with Crippen molar-refractivity contribution in [3.05, 3.63) is 29.6 Å². The number of aromatic nitrogens is 5. The fourth-order valence-electron chi connectivity index (χ4n) is 4.18. The minimum Gasteiger partial charge on any atom is -0.353 e. The summed E-state index contributed by atoms with van der Waals surface area (Å²) in [5.74, 6) is 0.150. The van der Waals surface area contributed by atoms with Crippen LogP contribution in [0.25, 0.3) is 0 Å². The van der Waals surface area contributed by atoms with Crippen LogP contribution in [0.2, 0.25) is 0 Å². The van der Waals surface area contributed by atoms with E-state index in [-0.39, 0.29) is 5.91 Å². The molecule has 0 spiro atoms. The van der Waals surface area contributed by atoms with Crippen molar-refractivity contribution in [2.45, 2.75) is 76.3 Å². The number of nitrogens with one attached hydrogen (secondary N) is 2. The molecule has 4 rings (SSSR count). The first-order valence-corrected chi connectivity index (χ1v) is 9.48. The molecule has 0 saturated heterocycles. The van der Waals surface area contributed by atoms with Gasteiger partial charge < -0.3 is 5.32 Å². The first-order valence-electron chi connectivity index (χ1n) is 9.48. The monoisotopic (exact) mass is 342 g/mol. The Morgan fingerprint density at radius 2 is 2.08 bits per heavy atom. The van der Waals surface area contributed by atoms with E-state index in [2.05, 4.69) is 25.6 Å². The second kappa shape index (κ2) is 7.37. The molecule has 1 fully saturated rings. The van der Waals surface area contributed by atoms with Crippen LogP contribution < -0.4 is 5.32 Å². The number of amides is 1. The second-order valence-electron chi connectivity index (χ2n) is 7.28. The van der Waals surface area contributed by atoms with Gasteiger partial charge in [0.05, 0.1) is 11.7 Å². The Hall–Kier alpha value is -2.18. The van der Waals surface area contributed by atoms with Crippen LogP contribution in [0, 0.1) is 0 Å². The molecule has 2 aliphatic carbocycles. The molecule has 0 aliphatic heterocycles. The van der Waals surface area contributed by atoms with Crippen LogP contribution in [0.5, 0.6) is 0 Å². The summed E-state index contributed by atoms with van der Waals surface area (Å²) in [5, 5.41) is 15.0. The van der Waals surface area contributed by atoms with Crippen molar-refractivity contribution in [2.24, 2.45) is 0 Å². The summed E-state index contributed by atoms with van der Waals surface area (Å²) in [4.78, 5) is 16.3. The largest absolute Gasteiger partial charge is 0.353 e. The fraction of sp³-hybridized carbons (Fsp3) is 0.667. The zero-order chi connectivity index (χ0) is 17.1. The van der Waals surface area contributed by atoms with Crippen molar-refractivity contribution in [2.75, 3.05) is 0 Å². The number of fused-ring (bicyclic) bond motifs is 1. The summed E-state index contributed by atoms with van der Waals surface area (Å²) in [5.41, 5.74) is 3.75. The Kier molecular flexibility index (Phi) is 4.81. The molecule has 2 aromatic rings.